The molecule has 0 unspecified atom stereocenters. The van der Waals surface area contributed by atoms with E-state index in [1.165, 1.54) is 0 Å². The van der Waals surface area contributed by atoms with Crippen molar-refractivity contribution in [3.63, 3.8) is 0 Å². The number of aromatic nitrogens is 2. The maximum absolute atomic E-state index is 12.0. The number of nitrogens with one attached hydrogen (secondary N) is 1. The summed E-state index contributed by atoms with van der Waals surface area (Å²) in [7, 11) is 0. The van der Waals surface area contributed by atoms with Gasteiger partial charge in [0.05, 0.1) is 5.69 Å². The van der Waals surface area contributed by atoms with Gasteiger partial charge in [-0.15, -0.1) is 0 Å². The number of benzene rings is 1. The molecule has 0 bridgehead atoms. The molecule has 2 aromatic rings. The Morgan fingerprint density at radius 3 is 2.26 bits per heavy atom. The first-order chi connectivity index (χ1) is 8.79. The predicted octanol–water partition coefficient (Wildman–Crippen LogP) is 3.70. The van der Waals surface area contributed by atoms with Crippen molar-refractivity contribution in [3.8, 4) is 11.3 Å². The molecule has 4 heteroatoms. The summed E-state index contributed by atoms with van der Waals surface area (Å²) in [4.78, 5) is 19.5. The van der Waals surface area contributed by atoms with Crippen LogP contribution in [-0.2, 0) is 5.41 Å². The second-order valence-electron chi connectivity index (χ2n) is 5.65. The van der Waals surface area contributed by atoms with Gasteiger partial charge in [-0.1, -0.05) is 44.5 Å². The van der Waals surface area contributed by atoms with E-state index < -0.39 is 0 Å². The molecule has 0 atom stereocenters. The third kappa shape index (κ3) is 2.87. The smallest absolute Gasteiger partial charge is 0.254 e. The van der Waals surface area contributed by atoms with E-state index in [9.17, 15) is 4.79 Å². The van der Waals surface area contributed by atoms with Crippen molar-refractivity contribution in [1.29, 1.82) is 0 Å². The number of H-pyrrole nitrogens is 1. The summed E-state index contributed by atoms with van der Waals surface area (Å²) in [5.41, 5.74) is 1.94. The molecule has 0 fully saturated rings. The highest BCUT2D eigenvalue weighted by atomic mass is 35.5. The zero-order chi connectivity index (χ0) is 14.2. The Balaban J connectivity index is 2.66. The topological polar surface area (TPSA) is 45.8 Å². The molecule has 0 aliphatic rings. The minimum atomic E-state index is -0.200. The van der Waals surface area contributed by atoms with Crippen LogP contribution in [0.5, 0.6) is 0 Å². The molecule has 0 spiro atoms. The zero-order valence-electron chi connectivity index (χ0n) is 11.5. The first kappa shape index (κ1) is 13.8. The number of hydrogen-bond acceptors (Lipinski definition) is 2. The molecule has 1 aromatic carbocycles. The average Bonchev–Trinajstić information content (AvgIpc) is 2.32. The molecule has 1 aromatic heterocycles. The van der Waals surface area contributed by atoms with Gasteiger partial charge in [0.1, 0.15) is 5.82 Å². The molecule has 19 heavy (non-hydrogen) atoms. The van der Waals surface area contributed by atoms with Crippen LogP contribution in [-0.4, -0.2) is 9.97 Å². The van der Waals surface area contributed by atoms with E-state index in [4.69, 9.17) is 11.6 Å². The molecule has 1 N–H and O–H groups in total. The van der Waals surface area contributed by atoms with Crippen LogP contribution in [0.15, 0.2) is 29.1 Å². The maximum atomic E-state index is 12.0. The molecular weight excluding hydrogens is 260 g/mol. The molecule has 1 heterocycles. The van der Waals surface area contributed by atoms with Crippen molar-refractivity contribution in [2.45, 2.75) is 33.1 Å². The van der Waals surface area contributed by atoms with Crippen LogP contribution in [0, 0.1) is 6.92 Å². The standard InChI is InChI=1S/C15H17ClN2O/c1-9-12(10-5-7-11(16)8-6-10)17-14(15(2,3)4)18-13(9)19/h5-8H,1-4H3,(H,17,18,19). The Morgan fingerprint density at radius 1 is 1.16 bits per heavy atom. The van der Waals surface area contributed by atoms with Crippen LogP contribution in [0.3, 0.4) is 0 Å². The molecule has 0 saturated carbocycles. The summed E-state index contributed by atoms with van der Waals surface area (Å²) in [5.74, 6) is 0.688. The van der Waals surface area contributed by atoms with Crippen LogP contribution in [0.1, 0.15) is 32.2 Å². The van der Waals surface area contributed by atoms with Gasteiger partial charge in [-0.05, 0) is 19.1 Å². The summed E-state index contributed by atoms with van der Waals surface area (Å²) < 4.78 is 0. The van der Waals surface area contributed by atoms with Gasteiger partial charge in [-0.2, -0.15) is 0 Å². The SMILES string of the molecule is Cc1c(-c2ccc(Cl)cc2)nc(C(C)(C)C)[nH]c1=O. The minimum absolute atomic E-state index is 0.0927. The third-order valence-corrected chi connectivity index (χ3v) is 3.23. The van der Waals surface area contributed by atoms with Gasteiger partial charge in [0.25, 0.3) is 5.56 Å². The zero-order valence-corrected chi connectivity index (χ0v) is 12.3. The van der Waals surface area contributed by atoms with Crippen LogP contribution in [0.25, 0.3) is 11.3 Å². The van der Waals surface area contributed by atoms with Gasteiger partial charge in [-0.3, -0.25) is 4.79 Å². The second kappa shape index (κ2) is 4.82. The highest BCUT2D eigenvalue weighted by molar-refractivity contribution is 6.30. The van der Waals surface area contributed by atoms with Gasteiger partial charge in [0, 0.05) is 21.6 Å². The summed E-state index contributed by atoms with van der Waals surface area (Å²) in [5, 5.41) is 0.669. The van der Waals surface area contributed by atoms with Crippen molar-refractivity contribution in [1.82, 2.24) is 9.97 Å². The van der Waals surface area contributed by atoms with E-state index in [0.29, 0.717) is 22.1 Å². The molecule has 0 aliphatic carbocycles. The first-order valence-corrected chi connectivity index (χ1v) is 6.54. The van der Waals surface area contributed by atoms with E-state index in [1.807, 2.05) is 32.9 Å². The highest BCUT2D eigenvalue weighted by Crippen LogP contribution is 2.24. The lowest BCUT2D eigenvalue weighted by molar-refractivity contribution is 0.542. The highest BCUT2D eigenvalue weighted by Gasteiger charge is 2.19. The monoisotopic (exact) mass is 276 g/mol. The molecular formula is C15H17ClN2O. The van der Waals surface area contributed by atoms with Gasteiger partial charge in [0.2, 0.25) is 0 Å². The lowest BCUT2D eigenvalue weighted by Crippen LogP contribution is -2.24. The Morgan fingerprint density at radius 2 is 1.74 bits per heavy atom. The minimum Gasteiger partial charge on any atom is -0.310 e. The van der Waals surface area contributed by atoms with Crippen LogP contribution in [0.2, 0.25) is 5.02 Å². The van der Waals surface area contributed by atoms with Crippen molar-refractivity contribution in [3.05, 3.63) is 51.0 Å². The largest absolute Gasteiger partial charge is 0.310 e. The number of halogens is 1. The van der Waals surface area contributed by atoms with Crippen molar-refractivity contribution in [2.75, 3.05) is 0 Å². The Bertz CT molecular complexity index is 651. The fourth-order valence-corrected chi connectivity index (χ4v) is 1.90. The van der Waals surface area contributed by atoms with Gasteiger partial charge in [-0.25, -0.2) is 4.98 Å². The van der Waals surface area contributed by atoms with Gasteiger partial charge >= 0.3 is 0 Å². The number of nitrogens with zero attached hydrogens (tertiary/aromatic N) is 1. The van der Waals surface area contributed by atoms with E-state index in [1.54, 1.807) is 19.1 Å². The molecule has 0 radical (unpaired) electrons. The summed E-state index contributed by atoms with van der Waals surface area (Å²) in [6, 6.07) is 7.36. The van der Waals surface area contributed by atoms with E-state index in [-0.39, 0.29) is 11.0 Å². The number of aromatic amines is 1. The van der Waals surface area contributed by atoms with Crippen molar-refractivity contribution < 1.29 is 0 Å². The molecule has 0 saturated heterocycles. The summed E-state index contributed by atoms with van der Waals surface area (Å²) in [6.45, 7) is 7.84. The Labute approximate surface area is 117 Å². The quantitative estimate of drug-likeness (QED) is 0.863. The van der Waals surface area contributed by atoms with Crippen molar-refractivity contribution in [2.24, 2.45) is 0 Å². The lowest BCUT2D eigenvalue weighted by Gasteiger charge is -2.18. The fraction of sp³-hybridized carbons (Fsp3) is 0.333. The van der Waals surface area contributed by atoms with E-state index in [0.717, 1.165) is 5.56 Å². The van der Waals surface area contributed by atoms with Crippen LogP contribution in [0.4, 0.5) is 0 Å². The number of rotatable bonds is 1. The molecule has 0 amide bonds. The van der Waals surface area contributed by atoms with Crippen LogP contribution >= 0.6 is 11.6 Å². The van der Waals surface area contributed by atoms with E-state index >= 15 is 0 Å². The Kier molecular flexibility index (Phi) is 3.50. The molecule has 3 nitrogen and oxygen atoms in total. The van der Waals surface area contributed by atoms with Gasteiger partial charge in [0.15, 0.2) is 0 Å². The van der Waals surface area contributed by atoms with Crippen molar-refractivity contribution >= 4 is 11.6 Å². The second-order valence-corrected chi connectivity index (χ2v) is 6.08. The lowest BCUT2D eigenvalue weighted by atomic mass is 9.95. The van der Waals surface area contributed by atoms with E-state index in [2.05, 4.69) is 9.97 Å². The predicted molar refractivity (Wildman–Crippen MR) is 78.7 cm³/mol. The molecule has 2 rings (SSSR count). The molecule has 100 valence electrons. The Hall–Kier alpha value is -1.61. The first-order valence-electron chi connectivity index (χ1n) is 6.16. The summed E-state index contributed by atoms with van der Waals surface area (Å²) >= 11 is 5.89. The fourth-order valence-electron chi connectivity index (χ4n) is 1.78. The third-order valence-electron chi connectivity index (χ3n) is 2.98. The average molecular weight is 277 g/mol. The molecule has 0 aliphatic heterocycles. The normalized spacial score (nSPS) is 11.6. The maximum Gasteiger partial charge on any atom is 0.254 e. The number of hydrogen-bond donors (Lipinski definition) is 1. The van der Waals surface area contributed by atoms with Crippen LogP contribution < -0.4 is 5.56 Å². The summed E-state index contributed by atoms with van der Waals surface area (Å²) in [6.07, 6.45) is 0. The van der Waals surface area contributed by atoms with Gasteiger partial charge < -0.3 is 4.98 Å².